The molecule has 0 bridgehead atoms. The van der Waals surface area contributed by atoms with E-state index in [4.69, 9.17) is 9.47 Å². The van der Waals surface area contributed by atoms with E-state index in [1.54, 1.807) is 24.3 Å². The summed E-state index contributed by atoms with van der Waals surface area (Å²) < 4.78 is 24.5. The summed E-state index contributed by atoms with van der Waals surface area (Å²) in [6.07, 6.45) is 1.60. The van der Waals surface area contributed by atoms with Crippen LogP contribution in [0.3, 0.4) is 0 Å². The zero-order valence-electron chi connectivity index (χ0n) is 20.3. The number of hydrogen-bond donors (Lipinski definition) is 1. The number of rotatable bonds is 9. The summed E-state index contributed by atoms with van der Waals surface area (Å²) >= 11 is 0.838. The highest BCUT2D eigenvalue weighted by Gasteiger charge is 2.35. The number of benzene rings is 3. The van der Waals surface area contributed by atoms with Crippen molar-refractivity contribution in [3.63, 3.8) is 0 Å². The van der Waals surface area contributed by atoms with E-state index in [0.717, 1.165) is 22.2 Å². The smallest absolute Gasteiger partial charge is 0.293 e. The van der Waals surface area contributed by atoms with Crippen molar-refractivity contribution in [2.75, 3.05) is 18.5 Å². The van der Waals surface area contributed by atoms with Crippen LogP contribution < -0.4 is 14.8 Å². The van der Waals surface area contributed by atoms with Gasteiger partial charge in [-0.05, 0) is 79.2 Å². The lowest BCUT2D eigenvalue weighted by atomic mass is 10.1. The van der Waals surface area contributed by atoms with Gasteiger partial charge in [-0.25, -0.2) is 4.39 Å². The van der Waals surface area contributed by atoms with Crippen molar-refractivity contribution in [2.45, 2.75) is 20.4 Å². The van der Waals surface area contributed by atoms with Crippen LogP contribution in [0.4, 0.5) is 14.9 Å². The number of ether oxygens (including phenoxy) is 2. The third-order valence-electron chi connectivity index (χ3n) is 5.39. The summed E-state index contributed by atoms with van der Waals surface area (Å²) in [6, 6.07) is 18.1. The molecule has 0 radical (unpaired) electrons. The van der Waals surface area contributed by atoms with Crippen LogP contribution in [0.15, 0.2) is 71.6 Å². The number of aryl methyl sites for hydroxylation is 1. The van der Waals surface area contributed by atoms with Crippen LogP contribution in [0.5, 0.6) is 11.5 Å². The fraction of sp³-hybridized carbons (Fsp3) is 0.179. The number of imide groups is 1. The molecule has 4 rings (SSSR count). The van der Waals surface area contributed by atoms with Crippen LogP contribution in [0.1, 0.15) is 23.6 Å². The number of carbonyl (C=O) groups is 3. The molecule has 1 fully saturated rings. The van der Waals surface area contributed by atoms with Gasteiger partial charge in [-0.2, -0.15) is 0 Å². The highest BCUT2D eigenvalue weighted by atomic mass is 32.2. The number of thioether (sulfide) groups is 1. The first-order chi connectivity index (χ1) is 17.8. The molecule has 7 nitrogen and oxygen atoms in total. The van der Waals surface area contributed by atoms with Crippen LogP contribution in [0, 0.1) is 12.7 Å². The predicted molar refractivity (Wildman–Crippen MR) is 141 cm³/mol. The van der Waals surface area contributed by atoms with E-state index in [2.05, 4.69) is 5.32 Å². The molecular weight excluding hydrogens is 495 g/mol. The number of hydrogen-bond acceptors (Lipinski definition) is 6. The van der Waals surface area contributed by atoms with Crippen molar-refractivity contribution in [3.05, 3.63) is 94.1 Å². The van der Waals surface area contributed by atoms with Gasteiger partial charge in [-0.15, -0.1) is 0 Å². The molecule has 1 N–H and O–H groups in total. The molecule has 37 heavy (non-hydrogen) atoms. The number of halogens is 1. The summed E-state index contributed by atoms with van der Waals surface area (Å²) in [4.78, 5) is 39.0. The zero-order chi connectivity index (χ0) is 26.4. The quantitative estimate of drug-likeness (QED) is 0.360. The highest BCUT2D eigenvalue weighted by molar-refractivity contribution is 8.18. The third kappa shape index (κ3) is 6.77. The van der Waals surface area contributed by atoms with Gasteiger partial charge < -0.3 is 14.8 Å². The lowest BCUT2D eigenvalue weighted by Crippen LogP contribution is -2.27. The Morgan fingerprint density at radius 1 is 1.00 bits per heavy atom. The fourth-order valence-corrected chi connectivity index (χ4v) is 4.38. The number of nitrogens with one attached hydrogen (secondary N) is 1. The minimum absolute atomic E-state index is 0.0594. The molecule has 0 aromatic heterocycles. The lowest BCUT2D eigenvalue weighted by molar-refractivity contribution is -0.123. The Hall–Kier alpha value is -4.11. The number of amides is 3. The van der Waals surface area contributed by atoms with Crippen LogP contribution in [-0.4, -0.2) is 35.2 Å². The monoisotopic (exact) mass is 520 g/mol. The zero-order valence-corrected chi connectivity index (χ0v) is 21.1. The van der Waals surface area contributed by atoms with E-state index >= 15 is 0 Å². The van der Waals surface area contributed by atoms with E-state index < -0.39 is 11.1 Å². The van der Waals surface area contributed by atoms with Crippen LogP contribution in [0.25, 0.3) is 6.08 Å². The Kier molecular flexibility index (Phi) is 8.25. The second-order valence-electron chi connectivity index (χ2n) is 8.24. The minimum atomic E-state index is -0.426. The first kappa shape index (κ1) is 26.0. The molecule has 0 atom stereocenters. The van der Waals surface area contributed by atoms with Gasteiger partial charge in [0.25, 0.3) is 17.1 Å². The van der Waals surface area contributed by atoms with Crippen molar-refractivity contribution in [3.8, 4) is 11.5 Å². The van der Waals surface area contributed by atoms with Gasteiger partial charge in [0, 0.05) is 5.69 Å². The minimum Gasteiger partial charge on any atom is -0.490 e. The van der Waals surface area contributed by atoms with Gasteiger partial charge >= 0.3 is 0 Å². The van der Waals surface area contributed by atoms with Crippen LogP contribution >= 0.6 is 11.8 Å². The van der Waals surface area contributed by atoms with Gasteiger partial charge in [0.15, 0.2) is 18.1 Å². The molecule has 1 aliphatic rings. The average molecular weight is 521 g/mol. The Morgan fingerprint density at radius 3 is 2.43 bits per heavy atom. The molecule has 190 valence electrons. The summed E-state index contributed by atoms with van der Waals surface area (Å²) in [7, 11) is 0. The molecule has 1 heterocycles. The van der Waals surface area contributed by atoms with Gasteiger partial charge in [0.2, 0.25) is 0 Å². The predicted octanol–water partition coefficient (Wildman–Crippen LogP) is 5.79. The first-order valence-electron chi connectivity index (χ1n) is 11.6. The molecule has 1 aliphatic heterocycles. The number of anilines is 1. The second-order valence-corrected chi connectivity index (χ2v) is 9.23. The first-order valence-corrected chi connectivity index (χ1v) is 12.4. The molecule has 0 spiro atoms. The number of carbonyl (C=O) groups excluding carboxylic acids is 3. The molecule has 3 aromatic carbocycles. The largest absolute Gasteiger partial charge is 0.490 e. The average Bonchev–Trinajstić information content (AvgIpc) is 3.13. The van der Waals surface area contributed by atoms with Gasteiger partial charge in [0.1, 0.15) is 5.82 Å². The van der Waals surface area contributed by atoms with Crippen molar-refractivity contribution >= 4 is 40.6 Å². The third-order valence-corrected chi connectivity index (χ3v) is 6.29. The maximum absolute atomic E-state index is 13.2. The van der Waals surface area contributed by atoms with E-state index in [1.807, 2.05) is 38.1 Å². The topological polar surface area (TPSA) is 84.9 Å². The summed E-state index contributed by atoms with van der Waals surface area (Å²) in [5.74, 6) is -0.342. The molecular formula is C28H25FN2O5S. The van der Waals surface area contributed by atoms with Crippen LogP contribution in [-0.2, 0) is 16.1 Å². The number of nitrogens with zero attached hydrogens (tertiary/aromatic N) is 1. The van der Waals surface area contributed by atoms with E-state index in [1.165, 1.54) is 24.3 Å². The molecule has 0 aliphatic carbocycles. The molecule has 0 unspecified atom stereocenters. The van der Waals surface area contributed by atoms with Gasteiger partial charge in [-0.3, -0.25) is 19.3 Å². The Labute approximate surface area is 218 Å². The van der Waals surface area contributed by atoms with E-state index in [9.17, 15) is 18.8 Å². The molecule has 9 heteroatoms. The van der Waals surface area contributed by atoms with Crippen LogP contribution in [0.2, 0.25) is 0 Å². The van der Waals surface area contributed by atoms with Gasteiger partial charge in [0.05, 0.1) is 18.1 Å². The highest BCUT2D eigenvalue weighted by Crippen LogP contribution is 2.35. The molecule has 3 aromatic rings. The van der Waals surface area contributed by atoms with Crippen molar-refractivity contribution < 1.29 is 28.2 Å². The molecule has 0 saturated carbocycles. The second kappa shape index (κ2) is 11.7. The fourth-order valence-electron chi connectivity index (χ4n) is 3.54. The van der Waals surface area contributed by atoms with Crippen molar-refractivity contribution in [1.82, 2.24) is 4.90 Å². The maximum Gasteiger partial charge on any atom is 0.293 e. The Bertz CT molecular complexity index is 1340. The Balaban J connectivity index is 1.43. The summed E-state index contributed by atoms with van der Waals surface area (Å²) in [5, 5.41) is 2.38. The van der Waals surface area contributed by atoms with Crippen molar-refractivity contribution in [2.24, 2.45) is 0 Å². The summed E-state index contributed by atoms with van der Waals surface area (Å²) in [6.45, 7) is 4.00. The molecule has 3 amide bonds. The van der Waals surface area contributed by atoms with Crippen molar-refractivity contribution in [1.29, 1.82) is 0 Å². The normalized spacial score (nSPS) is 14.2. The molecule has 1 saturated heterocycles. The van der Waals surface area contributed by atoms with E-state index in [0.29, 0.717) is 34.9 Å². The maximum atomic E-state index is 13.2. The summed E-state index contributed by atoms with van der Waals surface area (Å²) in [5.41, 5.74) is 3.05. The van der Waals surface area contributed by atoms with Gasteiger partial charge in [-0.1, -0.05) is 35.9 Å². The Morgan fingerprint density at radius 2 is 1.73 bits per heavy atom. The SMILES string of the molecule is CCOc1cc(/C=C2\SC(=O)N(Cc3ccc(F)cc3)C2=O)ccc1OCC(=O)Nc1ccc(C)cc1. The lowest BCUT2D eigenvalue weighted by Gasteiger charge is -2.13. The standard InChI is InChI=1S/C28H25FN2O5S/c1-3-35-24-14-20(8-13-23(24)36-17-26(32)30-22-11-4-18(2)5-12-22)15-25-27(33)31(28(34)37-25)16-19-6-9-21(29)10-7-19/h4-15H,3,16-17H2,1-2H3,(H,30,32)/b25-15-. The van der Waals surface area contributed by atoms with E-state index in [-0.39, 0.29) is 29.8 Å².